The third kappa shape index (κ3) is 3.95. The molecule has 0 bridgehead atoms. The lowest BCUT2D eigenvalue weighted by Gasteiger charge is -2.18. The maximum atomic E-state index is 11.9. The van der Waals surface area contributed by atoms with E-state index >= 15 is 0 Å². The van der Waals surface area contributed by atoms with Crippen LogP contribution in [0.5, 0.6) is 0 Å². The Labute approximate surface area is 129 Å². The molecule has 0 spiro atoms. The molecule has 1 aliphatic heterocycles. The van der Waals surface area contributed by atoms with Crippen LogP contribution in [0.25, 0.3) is 0 Å². The second-order valence-electron chi connectivity index (χ2n) is 4.87. The second-order valence-corrected chi connectivity index (χ2v) is 4.87. The molecule has 1 amide bonds. The molecule has 2 aromatic rings. The fraction of sp³-hybridized carbons (Fsp3) is 0.357. The minimum atomic E-state index is -0.00998. The number of anilines is 2. The van der Waals surface area contributed by atoms with Crippen molar-refractivity contribution in [2.24, 2.45) is 0 Å². The molecule has 0 atom stereocenters. The van der Waals surface area contributed by atoms with Gasteiger partial charge in [0.15, 0.2) is 0 Å². The van der Waals surface area contributed by atoms with E-state index in [9.17, 15) is 4.79 Å². The number of hydrogen-bond donors (Lipinski definition) is 2. The quantitative estimate of drug-likeness (QED) is 0.907. The van der Waals surface area contributed by atoms with Gasteiger partial charge in [0.05, 0.1) is 12.7 Å². The van der Waals surface area contributed by atoms with E-state index in [-0.39, 0.29) is 18.3 Å². The van der Waals surface area contributed by atoms with E-state index in [1.807, 2.05) is 12.1 Å². The lowest BCUT2D eigenvalue weighted by atomic mass is 10.0. The van der Waals surface area contributed by atoms with Crippen LogP contribution < -0.4 is 10.6 Å². The van der Waals surface area contributed by atoms with Crippen molar-refractivity contribution in [3.8, 4) is 0 Å². The second kappa shape index (κ2) is 7.08. The molecular weight excluding hydrogens is 290 g/mol. The first-order chi connectivity index (χ1) is 9.81. The molecule has 0 unspecified atom stereocenters. The average Bonchev–Trinajstić information content (AvgIpc) is 2.98. The third-order valence-electron chi connectivity index (χ3n) is 3.37. The standard InChI is InChI=1S/C14H17N5O.ClH/c20-14(5-8-19-9-7-16-18-19)17-12-3-4-13-11(10-12)2-1-6-15-13;/h3-4,7,9-10,15H,1-2,5-6,8H2,(H,17,20);1H. The summed E-state index contributed by atoms with van der Waals surface area (Å²) in [5, 5.41) is 13.8. The Morgan fingerprint density at radius 3 is 3.14 bits per heavy atom. The van der Waals surface area contributed by atoms with Gasteiger partial charge in [-0.2, -0.15) is 0 Å². The molecule has 2 heterocycles. The monoisotopic (exact) mass is 307 g/mol. The van der Waals surface area contributed by atoms with Gasteiger partial charge in [-0.15, -0.1) is 17.5 Å². The number of carbonyl (C=O) groups excluding carboxylic acids is 1. The number of amides is 1. The number of aromatic nitrogens is 3. The molecule has 2 N–H and O–H groups in total. The average molecular weight is 308 g/mol. The molecule has 1 aromatic carbocycles. The van der Waals surface area contributed by atoms with Gasteiger partial charge in [-0.1, -0.05) is 5.21 Å². The SMILES string of the molecule is Cl.O=C(CCn1ccnn1)Nc1ccc2c(c1)CCCN2. The van der Waals surface area contributed by atoms with Gasteiger partial charge < -0.3 is 10.6 Å². The Morgan fingerprint density at radius 1 is 1.43 bits per heavy atom. The molecule has 0 saturated carbocycles. The van der Waals surface area contributed by atoms with Gasteiger partial charge in [-0.3, -0.25) is 9.48 Å². The zero-order chi connectivity index (χ0) is 13.8. The number of nitrogens with one attached hydrogen (secondary N) is 2. The van der Waals surface area contributed by atoms with Crippen LogP contribution in [-0.4, -0.2) is 27.4 Å². The Hall–Kier alpha value is -2.08. The first-order valence-electron chi connectivity index (χ1n) is 6.82. The predicted octanol–water partition coefficient (Wildman–Crippen LogP) is 2.09. The van der Waals surface area contributed by atoms with Gasteiger partial charge in [0.25, 0.3) is 0 Å². The highest BCUT2D eigenvalue weighted by Gasteiger charge is 2.10. The predicted molar refractivity (Wildman–Crippen MR) is 83.8 cm³/mol. The molecule has 0 saturated heterocycles. The molecule has 1 aliphatic rings. The molecule has 0 fully saturated rings. The summed E-state index contributed by atoms with van der Waals surface area (Å²) >= 11 is 0. The van der Waals surface area contributed by atoms with Crippen LogP contribution in [0.2, 0.25) is 0 Å². The normalized spacial score (nSPS) is 12.8. The minimum Gasteiger partial charge on any atom is -0.385 e. The Bertz CT molecular complexity index is 599. The smallest absolute Gasteiger partial charge is 0.226 e. The van der Waals surface area contributed by atoms with Gasteiger partial charge in [0, 0.05) is 30.5 Å². The van der Waals surface area contributed by atoms with E-state index in [2.05, 4.69) is 27.0 Å². The molecule has 21 heavy (non-hydrogen) atoms. The number of rotatable bonds is 4. The maximum absolute atomic E-state index is 11.9. The summed E-state index contributed by atoms with van der Waals surface area (Å²) in [5.41, 5.74) is 3.30. The van der Waals surface area contributed by atoms with Crippen LogP contribution in [0.1, 0.15) is 18.4 Å². The van der Waals surface area contributed by atoms with Crippen LogP contribution in [0, 0.1) is 0 Å². The lowest BCUT2D eigenvalue weighted by Crippen LogP contribution is -2.16. The van der Waals surface area contributed by atoms with E-state index in [4.69, 9.17) is 0 Å². The first kappa shape index (κ1) is 15.3. The number of halogens is 1. The Kier molecular flexibility index (Phi) is 5.16. The highest BCUT2D eigenvalue weighted by atomic mass is 35.5. The van der Waals surface area contributed by atoms with Crippen molar-refractivity contribution in [3.05, 3.63) is 36.2 Å². The van der Waals surface area contributed by atoms with Gasteiger partial charge >= 0.3 is 0 Å². The molecule has 6 nitrogen and oxygen atoms in total. The number of hydrogen-bond acceptors (Lipinski definition) is 4. The van der Waals surface area contributed by atoms with E-state index in [0.717, 1.165) is 25.1 Å². The summed E-state index contributed by atoms with van der Waals surface area (Å²) < 4.78 is 1.65. The van der Waals surface area contributed by atoms with Gasteiger partial charge in [-0.05, 0) is 36.6 Å². The van der Waals surface area contributed by atoms with Crippen molar-refractivity contribution in [2.75, 3.05) is 17.2 Å². The summed E-state index contributed by atoms with van der Waals surface area (Å²) in [6, 6.07) is 6.01. The van der Waals surface area contributed by atoms with Crippen LogP contribution >= 0.6 is 12.4 Å². The largest absolute Gasteiger partial charge is 0.385 e. The summed E-state index contributed by atoms with van der Waals surface area (Å²) in [7, 11) is 0. The van der Waals surface area contributed by atoms with Gasteiger partial charge in [-0.25, -0.2) is 0 Å². The number of carbonyl (C=O) groups is 1. The van der Waals surface area contributed by atoms with Crippen molar-refractivity contribution >= 4 is 29.7 Å². The lowest BCUT2D eigenvalue weighted by molar-refractivity contribution is -0.116. The topological polar surface area (TPSA) is 71.8 Å². The van der Waals surface area contributed by atoms with Crippen LogP contribution in [0.3, 0.4) is 0 Å². The summed E-state index contributed by atoms with van der Waals surface area (Å²) in [5.74, 6) is -0.00998. The summed E-state index contributed by atoms with van der Waals surface area (Å²) in [4.78, 5) is 11.9. The zero-order valence-electron chi connectivity index (χ0n) is 11.6. The number of aryl methyl sites for hydroxylation is 2. The van der Waals surface area contributed by atoms with Crippen molar-refractivity contribution in [1.29, 1.82) is 0 Å². The van der Waals surface area contributed by atoms with Crippen molar-refractivity contribution < 1.29 is 4.79 Å². The maximum Gasteiger partial charge on any atom is 0.226 e. The molecule has 7 heteroatoms. The molecule has 3 rings (SSSR count). The van der Waals surface area contributed by atoms with Crippen LogP contribution in [-0.2, 0) is 17.8 Å². The minimum absolute atomic E-state index is 0. The molecule has 0 radical (unpaired) electrons. The van der Waals surface area contributed by atoms with Gasteiger partial charge in [0.2, 0.25) is 5.91 Å². The van der Waals surface area contributed by atoms with Crippen molar-refractivity contribution in [3.63, 3.8) is 0 Å². The van der Waals surface area contributed by atoms with Gasteiger partial charge in [0.1, 0.15) is 0 Å². The Balaban J connectivity index is 0.00000161. The van der Waals surface area contributed by atoms with Crippen molar-refractivity contribution in [2.45, 2.75) is 25.8 Å². The third-order valence-corrected chi connectivity index (χ3v) is 3.37. The fourth-order valence-electron chi connectivity index (χ4n) is 2.34. The fourth-order valence-corrected chi connectivity index (χ4v) is 2.34. The van der Waals surface area contributed by atoms with E-state index < -0.39 is 0 Å². The zero-order valence-corrected chi connectivity index (χ0v) is 12.4. The summed E-state index contributed by atoms with van der Waals surface area (Å²) in [6.45, 7) is 1.56. The first-order valence-corrected chi connectivity index (χ1v) is 6.82. The Morgan fingerprint density at radius 2 is 2.33 bits per heavy atom. The number of fused-ring (bicyclic) bond motifs is 1. The van der Waals surface area contributed by atoms with Crippen LogP contribution in [0.4, 0.5) is 11.4 Å². The number of nitrogens with zero attached hydrogens (tertiary/aromatic N) is 3. The molecule has 112 valence electrons. The number of benzene rings is 1. The van der Waals surface area contributed by atoms with E-state index in [1.165, 1.54) is 11.3 Å². The molecular formula is C14H18ClN5O. The highest BCUT2D eigenvalue weighted by molar-refractivity contribution is 5.91. The van der Waals surface area contributed by atoms with E-state index in [1.54, 1.807) is 17.1 Å². The van der Waals surface area contributed by atoms with E-state index in [0.29, 0.717) is 13.0 Å². The molecule has 0 aliphatic carbocycles. The van der Waals surface area contributed by atoms with Crippen LogP contribution in [0.15, 0.2) is 30.6 Å². The summed E-state index contributed by atoms with van der Waals surface area (Å²) in [6.07, 6.45) is 5.94. The highest BCUT2D eigenvalue weighted by Crippen LogP contribution is 2.25. The van der Waals surface area contributed by atoms with Crippen molar-refractivity contribution in [1.82, 2.24) is 15.0 Å². The molecule has 1 aromatic heterocycles.